The van der Waals surface area contributed by atoms with Crippen LogP contribution in [0, 0.1) is 6.92 Å². The highest BCUT2D eigenvalue weighted by molar-refractivity contribution is 5.44. The van der Waals surface area contributed by atoms with E-state index in [1.54, 1.807) is 13.2 Å². The molecule has 3 nitrogen and oxygen atoms in total. The lowest BCUT2D eigenvalue weighted by molar-refractivity contribution is 0.394. The van der Waals surface area contributed by atoms with Crippen LogP contribution in [0.1, 0.15) is 25.0 Å². The largest absolute Gasteiger partial charge is 0.496 e. The Balaban J connectivity index is 3.33. The summed E-state index contributed by atoms with van der Waals surface area (Å²) in [6.45, 7) is 5.70. The maximum Gasteiger partial charge on any atom is 0.235 e. The van der Waals surface area contributed by atoms with Gasteiger partial charge in [0.25, 0.3) is 0 Å². The Morgan fingerprint density at radius 1 is 1.40 bits per heavy atom. The number of hydrogen-bond donors (Lipinski definition) is 0. The minimum Gasteiger partial charge on any atom is -0.496 e. The van der Waals surface area contributed by atoms with Crippen molar-refractivity contribution in [2.75, 3.05) is 7.11 Å². The van der Waals surface area contributed by atoms with Gasteiger partial charge in [-0.05, 0) is 32.9 Å². The molecule has 3 heteroatoms. The summed E-state index contributed by atoms with van der Waals surface area (Å²) >= 11 is 0. The molecule has 1 aromatic rings. The maximum absolute atomic E-state index is 10.3. The van der Waals surface area contributed by atoms with Crippen molar-refractivity contribution in [2.45, 2.75) is 26.3 Å². The Bertz CT molecular complexity index is 404. The van der Waals surface area contributed by atoms with Crippen LogP contribution in [-0.2, 0) is 10.3 Å². The van der Waals surface area contributed by atoms with E-state index in [9.17, 15) is 4.79 Å². The van der Waals surface area contributed by atoms with E-state index < -0.39 is 5.54 Å². The molecule has 1 rings (SSSR count). The summed E-state index contributed by atoms with van der Waals surface area (Å²) in [4.78, 5) is 14.1. The van der Waals surface area contributed by atoms with Gasteiger partial charge in [-0.2, -0.15) is 4.99 Å². The molecule has 0 bridgehead atoms. The molecule has 0 aromatic heterocycles. The topological polar surface area (TPSA) is 38.7 Å². The van der Waals surface area contributed by atoms with Gasteiger partial charge in [0.2, 0.25) is 6.08 Å². The van der Waals surface area contributed by atoms with Gasteiger partial charge in [-0.3, -0.25) is 0 Å². The molecular formula is C12H15NO2. The maximum atomic E-state index is 10.3. The number of isocyanates is 1. The average molecular weight is 205 g/mol. The molecule has 0 aliphatic heterocycles. The fourth-order valence-corrected chi connectivity index (χ4v) is 1.47. The molecular weight excluding hydrogens is 190 g/mol. The van der Waals surface area contributed by atoms with Crippen molar-refractivity contribution in [3.8, 4) is 5.75 Å². The van der Waals surface area contributed by atoms with E-state index in [2.05, 4.69) is 4.99 Å². The van der Waals surface area contributed by atoms with Crippen molar-refractivity contribution < 1.29 is 9.53 Å². The molecule has 80 valence electrons. The number of aliphatic imine (C=N–C) groups is 1. The lowest BCUT2D eigenvalue weighted by Gasteiger charge is -2.21. The van der Waals surface area contributed by atoms with Crippen molar-refractivity contribution in [2.24, 2.45) is 4.99 Å². The van der Waals surface area contributed by atoms with E-state index in [1.165, 1.54) is 0 Å². The third kappa shape index (κ3) is 2.45. The van der Waals surface area contributed by atoms with Gasteiger partial charge < -0.3 is 4.74 Å². The van der Waals surface area contributed by atoms with Crippen LogP contribution in [-0.4, -0.2) is 13.2 Å². The van der Waals surface area contributed by atoms with Gasteiger partial charge in [0.05, 0.1) is 12.6 Å². The highest BCUT2D eigenvalue weighted by Gasteiger charge is 2.23. The van der Waals surface area contributed by atoms with Crippen molar-refractivity contribution in [3.05, 3.63) is 29.3 Å². The average Bonchev–Trinajstić information content (AvgIpc) is 2.17. The van der Waals surface area contributed by atoms with Crippen molar-refractivity contribution >= 4 is 6.08 Å². The monoisotopic (exact) mass is 205 g/mol. The number of carbonyl (C=O) groups excluding carboxylic acids is 1. The summed E-state index contributed by atoms with van der Waals surface area (Å²) < 4.78 is 5.24. The zero-order valence-corrected chi connectivity index (χ0v) is 9.50. The summed E-state index contributed by atoms with van der Waals surface area (Å²) in [7, 11) is 1.61. The van der Waals surface area contributed by atoms with Crippen LogP contribution in [0.3, 0.4) is 0 Å². The Morgan fingerprint density at radius 3 is 2.60 bits per heavy atom. The van der Waals surface area contributed by atoms with Crippen LogP contribution < -0.4 is 4.74 Å². The van der Waals surface area contributed by atoms with E-state index in [0.717, 1.165) is 16.9 Å². The van der Waals surface area contributed by atoms with Crippen LogP contribution in [0.25, 0.3) is 0 Å². The van der Waals surface area contributed by atoms with Crippen LogP contribution in [0.4, 0.5) is 0 Å². The first-order chi connectivity index (χ1) is 7.01. The SMILES string of the molecule is COc1ccc(C)cc1C(C)(C)N=C=O. The summed E-state index contributed by atoms with van der Waals surface area (Å²) in [6.07, 6.45) is 1.60. The van der Waals surface area contributed by atoms with E-state index in [-0.39, 0.29) is 0 Å². The normalized spacial score (nSPS) is 10.7. The fraction of sp³-hybridized carbons (Fsp3) is 0.417. The minimum absolute atomic E-state index is 0.598. The van der Waals surface area contributed by atoms with Crippen LogP contribution in [0.2, 0.25) is 0 Å². The number of ether oxygens (including phenoxy) is 1. The second kappa shape index (κ2) is 4.28. The first kappa shape index (κ1) is 11.5. The summed E-state index contributed by atoms with van der Waals surface area (Å²) in [5.41, 5.74) is 1.41. The van der Waals surface area contributed by atoms with Crippen LogP contribution in [0.5, 0.6) is 5.75 Å². The third-order valence-electron chi connectivity index (χ3n) is 2.34. The third-order valence-corrected chi connectivity index (χ3v) is 2.34. The van der Waals surface area contributed by atoms with Crippen LogP contribution in [0.15, 0.2) is 23.2 Å². The fourth-order valence-electron chi connectivity index (χ4n) is 1.47. The molecule has 0 unspecified atom stereocenters. The van der Waals surface area contributed by atoms with Gasteiger partial charge in [-0.15, -0.1) is 0 Å². The predicted molar refractivity (Wildman–Crippen MR) is 58.9 cm³/mol. The summed E-state index contributed by atoms with van der Waals surface area (Å²) in [5.74, 6) is 0.740. The van der Waals surface area contributed by atoms with Gasteiger partial charge in [0.15, 0.2) is 0 Å². The molecule has 1 aromatic carbocycles. The van der Waals surface area contributed by atoms with Crippen LogP contribution >= 0.6 is 0 Å². The van der Waals surface area contributed by atoms with Crippen molar-refractivity contribution in [3.63, 3.8) is 0 Å². The zero-order chi connectivity index (χ0) is 11.5. The number of rotatable bonds is 3. The summed E-state index contributed by atoms with van der Waals surface area (Å²) in [5, 5.41) is 0. The van der Waals surface area contributed by atoms with Crippen molar-refractivity contribution in [1.29, 1.82) is 0 Å². The molecule has 0 fully saturated rings. The van der Waals surface area contributed by atoms with Gasteiger partial charge in [0, 0.05) is 5.56 Å². The Kier molecular flexibility index (Phi) is 3.28. The van der Waals surface area contributed by atoms with E-state index in [4.69, 9.17) is 4.74 Å². The molecule has 0 aliphatic carbocycles. The number of aryl methyl sites for hydroxylation is 1. The lowest BCUT2D eigenvalue weighted by atomic mass is 9.93. The molecule has 0 saturated carbocycles. The highest BCUT2D eigenvalue weighted by Crippen LogP contribution is 2.32. The van der Waals surface area contributed by atoms with Gasteiger partial charge in [0.1, 0.15) is 5.75 Å². The molecule has 0 N–H and O–H groups in total. The zero-order valence-electron chi connectivity index (χ0n) is 9.50. The molecule has 0 spiro atoms. The first-order valence-electron chi connectivity index (χ1n) is 4.75. The van der Waals surface area contributed by atoms with E-state index in [0.29, 0.717) is 0 Å². The second-order valence-corrected chi connectivity index (χ2v) is 3.97. The van der Waals surface area contributed by atoms with Crippen molar-refractivity contribution in [1.82, 2.24) is 0 Å². The highest BCUT2D eigenvalue weighted by atomic mass is 16.5. The Labute approximate surface area is 89.8 Å². The van der Waals surface area contributed by atoms with E-state index >= 15 is 0 Å². The first-order valence-corrected chi connectivity index (χ1v) is 4.75. The number of nitrogens with zero attached hydrogens (tertiary/aromatic N) is 1. The van der Waals surface area contributed by atoms with Gasteiger partial charge >= 0.3 is 0 Å². The second-order valence-electron chi connectivity index (χ2n) is 3.97. The number of benzene rings is 1. The molecule has 0 saturated heterocycles. The standard InChI is InChI=1S/C12H15NO2/c1-9-5-6-11(15-4)10(7-9)12(2,3)13-8-14/h5-7H,1-4H3. The molecule has 0 aliphatic rings. The Morgan fingerprint density at radius 2 is 2.07 bits per heavy atom. The molecule has 0 heterocycles. The molecule has 0 atom stereocenters. The van der Waals surface area contributed by atoms with Gasteiger partial charge in [-0.25, -0.2) is 4.79 Å². The predicted octanol–water partition coefficient (Wildman–Crippen LogP) is 2.57. The van der Waals surface area contributed by atoms with E-state index in [1.807, 2.05) is 39.0 Å². The Hall–Kier alpha value is -1.60. The smallest absolute Gasteiger partial charge is 0.235 e. The summed E-state index contributed by atoms with van der Waals surface area (Å²) in [6, 6.07) is 5.81. The molecule has 15 heavy (non-hydrogen) atoms. The minimum atomic E-state index is -0.598. The number of methoxy groups -OCH3 is 1. The van der Waals surface area contributed by atoms with Gasteiger partial charge in [-0.1, -0.05) is 11.6 Å². The lowest BCUT2D eigenvalue weighted by Crippen LogP contribution is -2.15. The molecule has 0 radical (unpaired) electrons. The number of hydrogen-bond acceptors (Lipinski definition) is 3. The quantitative estimate of drug-likeness (QED) is 0.562. The molecule has 0 amide bonds.